The van der Waals surface area contributed by atoms with Crippen molar-refractivity contribution in [1.82, 2.24) is 5.32 Å². The molecule has 0 atom stereocenters. The molecule has 0 aliphatic heterocycles. The molecular weight excluding hydrogens is 440 g/mol. The number of anilines is 1. The Labute approximate surface area is 189 Å². The molecule has 170 valence electrons. The summed E-state index contributed by atoms with van der Waals surface area (Å²) in [6.45, 7) is 5.09. The van der Waals surface area contributed by atoms with Crippen molar-refractivity contribution in [3.63, 3.8) is 0 Å². The quantitative estimate of drug-likeness (QED) is 0.481. The number of halogens is 1. The molecule has 0 aliphatic rings. The number of hydrogen-bond donors (Lipinski definition) is 1. The molecule has 0 spiro atoms. The molecule has 2 aromatic rings. The second-order valence-electron chi connectivity index (χ2n) is 7.30. The summed E-state index contributed by atoms with van der Waals surface area (Å²) in [7, 11) is -3.50. The van der Waals surface area contributed by atoms with Crippen LogP contribution in [0.5, 0.6) is 5.75 Å². The fourth-order valence-electron chi connectivity index (χ4n) is 2.68. The Morgan fingerprint density at radius 1 is 1.10 bits per heavy atom. The molecule has 2 aromatic carbocycles. The van der Waals surface area contributed by atoms with Crippen LogP contribution in [0.15, 0.2) is 48.5 Å². The number of hydrogen-bond acceptors (Lipinski definition) is 5. The van der Waals surface area contributed by atoms with E-state index in [-0.39, 0.29) is 25.2 Å². The van der Waals surface area contributed by atoms with Gasteiger partial charge in [-0.15, -0.1) is 0 Å². The first-order valence-electron chi connectivity index (χ1n) is 9.98. The number of amides is 1. The van der Waals surface area contributed by atoms with E-state index in [0.29, 0.717) is 29.6 Å². The van der Waals surface area contributed by atoms with Crippen molar-refractivity contribution in [3.05, 3.63) is 59.1 Å². The van der Waals surface area contributed by atoms with Gasteiger partial charge >= 0.3 is 0 Å². The highest BCUT2D eigenvalue weighted by atomic mass is 35.5. The van der Waals surface area contributed by atoms with Gasteiger partial charge in [-0.05, 0) is 62.2 Å². The number of carbonyl (C=O) groups is 1. The van der Waals surface area contributed by atoms with Crippen LogP contribution >= 0.6 is 11.6 Å². The molecule has 7 nitrogen and oxygen atoms in total. The van der Waals surface area contributed by atoms with Crippen LogP contribution in [-0.2, 0) is 26.1 Å². The molecule has 0 aliphatic carbocycles. The van der Waals surface area contributed by atoms with Crippen molar-refractivity contribution in [2.45, 2.75) is 32.9 Å². The molecule has 31 heavy (non-hydrogen) atoms. The van der Waals surface area contributed by atoms with Gasteiger partial charge in [0.2, 0.25) is 10.0 Å². The number of sulfonamides is 1. The van der Waals surface area contributed by atoms with Crippen molar-refractivity contribution in [2.24, 2.45) is 0 Å². The lowest BCUT2D eigenvalue weighted by Crippen LogP contribution is -2.30. The monoisotopic (exact) mass is 468 g/mol. The topological polar surface area (TPSA) is 84.9 Å². The predicted octanol–water partition coefficient (Wildman–Crippen LogP) is 3.62. The van der Waals surface area contributed by atoms with E-state index >= 15 is 0 Å². The number of ether oxygens (including phenoxy) is 2. The van der Waals surface area contributed by atoms with Crippen LogP contribution in [0, 0.1) is 0 Å². The van der Waals surface area contributed by atoms with Gasteiger partial charge in [-0.2, -0.15) is 0 Å². The van der Waals surface area contributed by atoms with E-state index < -0.39 is 10.0 Å². The zero-order valence-corrected chi connectivity index (χ0v) is 19.6. The highest BCUT2D eigenvalue weighted by molar-refractivity contribution is 7.92. The highest BCUT2D eigenvalue weighted by Crippen LogP contribution is 2.24. The van der Waals surface area contributed by atoms with E-state index in [1.807, 2.05) is 13.8 Å². The van der Waals surface area contributed by atoms with E-state index in [1.54, 1.807) is 48.5 Å². The van der Waals surface area contributed by atoms with Gasteiger partial charge in [-0.3, -0.25) is 9.10 Å². The van der Waals surface area contributed by atoms with Gasteiger partial charge in [-0.1, -0.05) is 23.7 Å². The molecule has 0 heterocycles. The SMILES string of the molecule is CC(C)OCCCNC(=O)COc1ccc(N(Cc2ccc(Cl)cc2)S(C)(=O)=O)cc1. The molecule has 0 fully saturated rings. The summed E-state index contributed by atoms with van der Waals surface area (Å²) in [6.07, 6.45) is 2.06. The predicted molar refractivity (Wildman–Crippen MR) is 123 cm³/mol. The fourth-order valence-corrected chi connectivity index (χ4v) is 3.70. The van der Waals surface area contributed by atoms with E-state index in [0.717, 1.165) is 18.2 Å². The van der Waals surface area contributed by atoms with Crippen LogP contribution in [0.1, 0.15) is 25.8 Å². The van der Waals surface area contributed by atoms with E-state index in [4.69, 9.17) is 21.1 Å². The second-order valence-corrected chi connectivity index (χ2v) is 9.64. The summed E-state index contributed by atoms with van der Waals surface area (Å²) in [5, 5.41) is 3.35. The minimum absolute atomic E-state index is 0.120. The number of rotatable bonds is 12. The molecule has 1 N–H and O–H groups in total. The normalized spacial score (nSPS) is 11.4. The van der Waals surface area contributed by atoms with Crippen LogP contribution in [0.25, 0.3) is 0 Å². The van der Waals surface area contributed by atoms with Gasteiger partial charge < -0.3 is 14.8 Å². The third-order valence-electron chi connectivity index (χ3n) is 4.23. The Morgan fingerprint density at radius 3 is 2.32 bits per heavy atom. The first-order valence-corrected chi connectivity index (χ1v) is 12.2. The largest absolute Gasteiger partial charge is 0.484 e. The summed E-state index contributed by atoms with van der Waals surface area (Å²) in [5.41, 5.74) is 1.31. The third kappa shape index (κ3) is 9.16. The van der Waals surface area contributed by atoms with Crippen molar-refractivity contribution < 1.29 is 22.7 Å². The number of nitrogens with one attached hydrogen (secondary N) is 1. The van der Waals surface area contributed by atoms with Gasteiger partial charge in [-0.25, -0.2) is 8.42 Å². The lowest BCUT2D eigenvalue weighted by atomic mass is 10.2. The maximum absolute atomic E-state index is 12.3. The molecule has 0 saturated heterocycles. The molecule has 0 unspecified atom stereocenters. The average molecular weight is 469 g/mol. The smallest absolute Gasteiger partial charge is 0.257 e. The van der Waals surface area contributed by atoms with Crippen LogP contribution < -0.4 is 14.4 Å². The van der Waals surface area contributed by atoms with E-state index in [9.17, 15) is 13.2 Å². The zero-order valence-electron chi connectivity index (χ0n) is 18.0. The average Bonchev–Trinajstić information content (AvgIpc) is 2.71. The Morgan fingerprint density at radius 2 is 1.74 bits per heavy atom. The first-order chi connectivity index (χ1) is 14.6. The maximum atomic E-state index is 12.3. The number of benzene rings is 2. The molecule has 0 radical (unpaired) electrons. The highest BCUT2D eigenvalue weighted by Gasteiger charge is 2.18. The lowest BCUT2D eigenvalue weighted by molar-refractivity contribution is -0.123. The van der Waals surface area contributed by atoms with Crippen molar-refractivity contribution in [2.75, 3.05) is 30.3 Å². The van der Waals surface area contributed by atoms with Gasteiger partial charge in [0, 0.05) is 18.2 Å². The van der Waals surface area contributed by atoms with Crippen LogP contribution in [0.2, 0.25) is 5.02 Å². The van der Waals surface area contributed by atoms with Gasteiger partial charge in [0.25, 0.3) is 5.91 Å². The van der Waals surface area contributed by atoms with Crippen molar-refractivity contribution in [1.29, 1.82) is 0 Å². The van der Waals surface area contributed by atoms with E-state index in [2.05, 4.69) is 5.32 Å². The molecule has 0 bridgehead atoms. The standard InChI is InChI=1S/C22H29ClN2O5S/c1-17(2)29-14-4-13-24-22(26)16-30-21-11-9-20(10-12-21)25(31(3,27)28)15-18-5-7-19(23)8-6-18/h5-12,17H,4,13-16H2,1-3H3,(H,24,26). The first kappa shape index (κ1) is 25.0. The van der Waals surface area contributed by atoms with Crippen LogP contribution in [0.3, 0.4) is 0 Å². The molecule has 2 rings (SSSR count). The van der Waals surface area contributed by atoms with Crippen LogP contribution in [-0.4, -0.2) is 46.4 Å². The van der Waals surface area contributed by atoms with Gasteiger partial charge in [0.15, 0.2) is 6.61 Å². The van der Waals surface area contributed by atoms with Crippen molar-refractivity contribution >= 4 is 33.2 Å². The molecule has 9 heteroatoms. The minimum Gasteiger partial charge on any atom is -0.484 e. The molecule has 0 saturated carbocycles. The van der Waals surface area contributed by atoms with Crippen molar-refractivity contribution in [3.8, 4) is 5.75 Å². The Hall–Kier alpha value is -2.29. The summed E-state index contributed by atoms with van der Waals surface area (Å²) in [6, 6.07) is 13.6. The Bertz CT molecular complexity index is 931. The van der Waals surface area contributed by atoms with Gasteiger partial charge in [0.05, 0.1) is 24.6 Å². The third-order valence-corrected chi connectivity index (χ3v) is 5.62. The van der Waals surface area contributed by atoms with Gasteiger partial charge in [0.1, 0.15) is 5.75 Å². The van der Waals surface area contributed by atoms with E-state index in [1.165, 1.54) is 4.31 Å². The maximum Gasteiger partial charge on any atom is 0.257 e. The minimum atomic E-state index is -3.50. The molecule has 0 aromatic heterocycles. The fraction of sp³-hybridized carbons (Fsp3) is 0.409. The summed E-state index contributed by atoms with van der Waals surface area (Å²) in [4.78, 5) is 11.9. The molecule has 1 amide bonds. The summed E-state index contributed by atoms with van der Waals surface area (Å²) in [5.74, 6) is 0.246. The Kier molecular flexibility index (Phi) is 9.61. The second kappa shape index (κ2) is 11.9. The lowest BCUT2D eigenvalue weighted by Gasteiger charge is -2.23. The zero-order chi connectivity index (χ0) is 22.9. The summed E-state index contributed by atoms with van der Waals surface area (Å²) < 4.78 is 36.8. The molecular formula is C22H29ClN2O5S. The number of carbonyl (C=O) groups excluding carboxylic acids is 1. The Balaban J connectivity index is 1.89. The summed E-state index contributed by atoms with van der Waals surface area (Å²) >= 11 is 5.90. The van der Waals surface area contributed by atoms with Crippen LogP contribution in [0.4, 0.5) is 5.69 Å². The number of nitrogens with zero attached hydrogens (tertiary/aromatic N) is 1.